The van der Waals surface area contributed by atoms with E-state index in [9.17, 15) is 9.18 Å². The van der Waals surface area contributed by atoms with Gasteiger partial charge in [-0.2, -0.15) is 0 Å². The van der Waals surface area contributed by atoms with Crippen molar-refractivity contribution in [2.75, 3.05) is 7.11 Å². The molecule has 0 heterocycles. The van der Waals surface area contributed by atoms with Gasteiger partial charge in [-0.05, 0) is 41.0 Å². The van der Waals surface area contributed by atoms with Gasteiger partial charge in [-0.25, -0.2) is 9.18 Å². The van der Waals surface area contributed by atoms with Crippen molar-refractivity contribution in [2.45, 2.75) is 6.61 Å². The second-order valence-electron chi connectivity index (χ2n) is 5.48. The minimum Gasteiger partial charge on any atom is -0.488 e. The molecule has 0 bridgehead atoms. The minimum atomic E-state index is -0.464. The van der Waals surface area contributed by atoms with E-state index in [0.717, 1.165) is 16.7 Å². The second kappa shape index (κ2) is 7.62. The molecule has 0 atom stereocenters. The molecule has 0 N–H and O–H groups in total. The molecule has 4 heteroatoms. The van der Waals surface area contributed by atoms with Crippen LogP contribution in [-0.2, 0) is 11.3 Å². The largest absolute Gasteiger partial charge is 0.488 e. The zero-order valence-electron chi connectivity index (χ0n) is 13.7. The Morgan fingerprint density at radius 2 is 1.60 bits per heavy atom. The Balaban J connectivity index is 1.92. The van der Waals surface area contributed by atoms with E-state index in [4.69, 9.17) is 9.47 Å². The molecule has 126 valence electrons. The molecule has 0 aliphatic carbocycles. The maximum Gasteiger partial charge on any atom is 0.341 e. The number of halogens is 1. The van der Waals surface area contributed by atoms with Crippen molar-refractivity contribution in [1.29, 1.82) is 0 Å². The van der Waals surface area contributed by atoms with Crippen LogP contribution in [0.15, 0.2) is 72.8 Å². The number of hydrogen-bond acceptors (Lipinski definition) is 3. The molecule has 3 rings (SSSR count). The fourth-order valence-electron chi connectivity index (χ4n) is 2.48. The summed E-state index contributed by atoms with van der Waals surface area (Å²) in [4.78, 5) is 12.0. The summed E-state index contributed by atoms with van der Waals surface area (Å²) in [6, 6.07) is 21.0. The van der Waals surface area contributed by atoms with Gasteiger partial charge in [0.1, 0.15) is 23.7 Å². The number of rotatable bonds is 5. The molecule has 3 nitrogen and oxygen atoms in total. The maximum atomic E-state index is 13.1. The third kappa shape index (κ3) is 4.04. The molecule has 3 aromatic rings. The molecule has 0 radical (unpaired) electrons. The van der Waals surface area contributed by atoms with E-state index in [0.29, 0.717) is 17.9 Å². The van der Waals surface area contributed by atoms with E-state index >= 15 is 0 Å². The minimum absolute atomic E-state index is 0.296. The summed E-state index contributed by atoms with van der Waals surface area (Å²) in [5.41, 5.74) is 3.01. The average molecular weight is 336 g/mol. The van der Waals surface area contributed by atoms with Gasteiger partial charge < -0.3 is 9.47 Å². The van der Waals surface area contributed by atoms with E-state index < -0.39 is 5.97 Å². The van der Waals surface area contributed by atoms with Gasteiger partial charge in [0, 0.05) is 0 Å². The summed E-state index contributed by atoms with van der Waals surface area (Å²) in [6.07, 6.45) is 0. The van der Waals surface area contributed by atoms with E-state index in [2.05, 4.69) is 0 Å². The van der Waals surface area contributed by atoms with Crippen LogP contribution in [0, 0.1) is 5.82 Å². The first-order valence-corrected chi connectivity index (χ1v) is 7.82. The van der Waals surface area contributed by atoms with Gasteiger partial charge >= 0.3 is 5.97 Å². The van der Waals surface area contributed by atoms with E-state index in [1.165, 1.54) is 19.2 Å². The lowest BCUT2D eigenvalue weighted by Gasteiger charge is -2.12. The molecule has 0 amide bonds. The van der Waals surface area contributed by atoms with E-state index in [-0.39, 0.29) is 5.82 Å². The van der Waals surface area contributed by atoms with Crippen molar-refractivity contribution in [3.63, 3.8) is 0 Å². The molecular formula is C21H17FO3. The number of hydrogen-bond donors (Lipinski definition) is 0. The fourth-order valence-corrected chi connectivity index (χ4v) is 2.48. The van der Waals surface area contributed by atoms with Crippen LogP contribution in [0.2, 0.25) is 0 Å². The number of ether oxygens (including phenoxy) is 2. The third-order valence-electron chi connectivity index (χ3n) is 3.80. The summed E-state index contributed by atoms with van der Waals surface area (Å²) in [5, 5.41) is 0. The van der Waals surface area contributed by atoms with Gasteiger partial charge in [-0.15, -0.1) is 0 Å². The summed E-state index contributed by atoms with van der Waals surface area (Å²) in [6.45, 7) is 0.331. The van der Waals surface area contributed by atoms with Crippen LogP contribution < -0.4 is 4.74 Å². The van der Waals surface area contributed by atoms with Crippen LogP contribution in [0.5, 0.6) is 5.75 Å². The molecular weight excluding hydrogens is 319 g/mol. The predicted octanol–water partition coefficient (Wildman–Crippen LogP) is 4.86. The van der Waals surface area contributed by atoms with Crippen LogP contribution in [0.25, 0.3) is 11.1 Å². The molecule has 0 saturated heterocycles. The Kier molecular flexibility index (Phi) is 5.09. The van der Waals surface area contributed by atoms with E-state index in [1.807, 2.05) is 30.3 Å². The maximum absolute atomic E-state index is 13.1. The monoisotopic (exact) mass is 336 g/mol. The number of benzene rings is 3. The number of carbonyl (C=O) groups excluding carboxylic acids is 1. The molecule has 0 spiro atoms. The van der Waals surface area contributed by atoms with Gasteiger partial charge in [0.25, 0.3) is 0 Å². The lowest BCUT2D eigenvalue weighted by atomic mass is 10.0. The highest BCUT2D eigenvalue weighted by Crippen LogP contribution is 2.29. The molecule has 0 fully saturated rings. The van der Waals surface area contributed by atoms with Crippen molar-refractivity contribution in [3.05, 3.63) is 89.7 Å². The molecule has 0 aliphatic heterocycles. The molecule has 3 aromatic carbocycles. The highest BCUT2D eigenvalue weighted by Gasteiger charge is 2.14. The van der Waals surface area contributed by atoms with Crippen molar-refractivity contribution in [1.82, 2.24) is 0 Å². The SMILES string of the molecule is COC(=O)c1ccc(-c2ccc(F)cc2)cc1OCc1ccccc1. The predicted molar refractivity (Wildman–Crippen MR) is 93.9 cm³/mol. The number of carbonyl (C=O) groups is 1. The Morgan fingerprint density at radius 3 is 2.28 bits per heavy atom. The van der Waals surface area contributed by atoms with Crippen molar-refractivity contribution in [3.8, 4) is 16.9 Å². The van der Waals surface area contributed by atoms with Crippen LogP contribution >= 0.6 is 0 Å². The van der Waals surface area contributed by atoms with Crippen molar-refractivity contribution < 1.29 is 18.7 Å². The summed E-state index contributed by atoms with van der Waals surface area (Å²) in [7, 11) is 1.33. The smallest absolute Gasteiger partial charge is 0.341 e. The highest BCUT2D eigenvalue weighted by atomic mass is 19.1. The lowest BCUT2D eigenvalue weighted by Crippen LogP contribution is -2.06. The zero-order chi connectivity index (χ0) is 17.6. The molecule has 25 heavy (non-hydrogen) atoms. The third-order valence-corrected chi connectivity index (χ3v) is 3.80. The second-order valence-corrected chi connectivity index (χ2v) is 5.48. The standard InChI is InChI=1S/C21H17FO3/c1-24-21(23)19-12-9-17(16-7-10-18(22)11-8-16)13-20(19)25-14-15-5-3-2-4-6-15/h2-13H,14H2,1H3. The van der Waals surface area contributed by atoms with Crippen LogP contribution in [0.3, 0.4) is 0 Å². The number of esters is 1. The first-order chi connectivity index (χ1) is 12.2. The highest BCUT2D eigenvalue weighted by molar-refractivity contribution is 5.93. The molecule has 0 saturated carbocycles. The van der Waals surface area contributed by atoms with Gasteiger partial charge in [0.15, 0.2) is 0 Å². The van der Waals surface area contributed by atoms with Crippen molar-refractivity contribution >= 4 is 5.97 Å². The molecule has 0 unspecified atom stereocenters. The lowest BCUT2D eigenvalue weighted by molar-refractivity contribution is 0.0595. The Bertz CT molecular complexity index is 858. The van der Waals surface area contributed by atoms with Gasteiger partial charge in [-0.1, -0.05) is 48.5 Å². The van der Waals surface area contributed by atoms with Crippen LogP contribution in [0.4, 0.5) is 4.39 Å². The fraction of sp³-hybridized carbons (Fsp3) is 0.0952. The topological polar surface area (TPSA) is 35.5 Å². The van der Waals surface area contributed by atoms with Crippen LogP contribution in [0.1, 0.15) is 15.9 Å². The molecule has 0 aliphatic rings. The summed E-state index contributed by atoms with van der Waals surface area (Å²) >= 11 is 0. The number of methoxy groups -OCH3 is 1. The van der Waals surface area contributed by atoms with Gasteiger partial charge in [-0.3, -0.25) is 0 Å². The van der Waals surface area contributed by atoms with E-state index in [1.54, 1.807) is 30.3 Å². The van der Waals surface area contributed by atoms with Gasteiger partial charge in [0.2, 0.25) is 0 Å². The molecule has 0 aromatic heterocycles. The summed E-state index contributed by atoms with van der Waals surface area (Å²) < 4.78 is 23.8. The first-order valence-electron chi connectivity index (χ1n) is 7.82. The van der Waals surface area contributed by atoms with Gasteiger partial charge in [0.05, 0.1) is 7.11 Å². The average Bonchev–Trinajstić information content (AvgIpc) is 2.67. The summed E-state index contributed by atoms with van der Waals surface area (Å²) in [5.74, 6) is -0.332. The Morgan fingerprint density at radius 1 is 0.920 bits per heavy atom. The van der Waals surface area contributed by atoms with Crippen LogP contribution in [-0.4, -0.2) is 13.1 Å². The zero-order valence-corrected chi connectivity index (χ0v) is 13.7. The Labute approximate surface area is 145 Å². The first kappa shape index (κ1) is 16.7. The Hall–Kier alpha value is -3.14. The van der Waals surface area contributed by atoms with Crippen molar-refractivity contribution in [2.24, 2.45) is 0 Å². The quantitative estimate of drug-likeness (QED) is 0.624. The normalized spacial score (nSPS) is 10.3.